The summed E-state index contributed by atoms with van der Waals surface area (Å²) in [5.41, 5.74) is 6.04. The van der Waals surface area contributed by atoms with E-state index in [0.29, 0.717) is 35.2 Å². The smallest absolute Gasteiger partial charge is 0.298 e. The molecular formula is C32H29N3O2S. The summed E-state index contributed by atoms with van der Waals surface area (Å²) in [6.45, 7) is 4.02. The Morgan fingerprint density at radius 3 is 2.32 bits per heavy atom. The molecule has 38 heavy (non-hydrogen) atoms. The molecule has 1 aromatic heterocycles. The van der Waals surface area contributed by atoms with Gasteiger partial charge >= 0.3 is 0 Å². The number of ether oxygens (including phenoxy) is 1. The number of carbonyl (C=O) groups excluding carboxylic acids is 1. The van der Waals surface area contributed by atoms with Crippen LogP contribution in [0, 0.1) is 13.8 Å². The lowest BCUT2D eigenvalue weighted by Crippen LogP contribution is -2.30. The van der Waals surface area contributed by atoms with E-state index in [9.17, 15) is 4.79 Å². The lowest BCUT2D eigenvalue weighted by Gasteiger charge is -2.20. The number of amides is 1. The van der Waals surface area contributed by atoms with Crippen molar-refractivity contribution in [3.63, 3.8) is 0 Å². The topological polar surface area (TPSA) is 64.1 Å². The summed E-state index contributed by atoms with van der Waals surface area (Å²) < 4.78 is 10.5. The van der Waals surface area contributed by atoms with Crippen LogP contribution in [0.15, 0.2) is 103 Å². The summed E-state index contributed by atoms with van der Waals surface area (Å²) in [7, 11) is 0. The van der Waals surface area contributed by atoms with Gasteiger partial charge in [0, 0.05) is 23.5 Å². The minimum Gasteiger partial charge on any atom is -0.430 e. The van der Waals surface area contributed by atoms with Crippen LogP contribution in [0.25, 0.3) is 0 Å². The van der Waals surface area contributed by atoms with Gasteiger partial charge in [0.1, 0.15) is 5.75 Å². The summed E-state index contributed by atoms with van der Waals surface area (Å²) in [5, 5.41) is 3.68. The van der Waals surface area contributed by atoms with Crippen LogP contribution < -0.4 is 10.1 Å². The highest BCUT2D eigenvalue weighted by Gasteiger charge is 2.18. The van der Waals surface area contributed by atoms with E-state index >= 15 is 0 Å². The average Bonchev–Trinajstić information content (AvgIpc) is 3.38. The van der Waals surface area contributed by atoms with E-state index in [2.05, 4.69) is 58.0 Å². The van der Waals surface area contributed by atoms with Gasteiger partial charge < -0.3 is 10.1 Å². The number of aromatic nitrogens is 2. The van der Waals surface area contributed by atoms with Crippen LogP contribution in [-0.2, 0) is 12.8 Å². The van der Waals surface area contributed by atoms with E-state index in [1.807, 2.05) is 67.6 Å². The van der Waals surface area contributed by atoms with Gasteiger partial charge in [-0.3, -0.25) is 4.79 Å². The first-order chi connectivity index (χ1) is 18.5. The minimum atomic E-state index is -0.163. The second-order valence-corrected chi connectivity index (χ2v) is 10.1. The first-order valence-corrected chi connectivity index (χ1v) is 13.4. The van der Waals surface area contributed by atoms with Gasteiger partial charge in [-0.25, -0.2) is 0 Å². The number of aryl methyl sites for hydroxylation is 2. The van der Waals surface area contributed by atoms with Crippen molar-refractivity contribution in [2.24, 2.45) is 0 Å². The van der Waals surface area contributed by atoms with Crippen molar-refractivity contribution in [1.29, 1.82) is 0 Å². The molecule has 0 aliphatic rings. The second kappa shape index (κ2) is 11.8. The molecule has 1 atom stereocenters. The molecule has 0 radical (unpaired) electrons. The Labute approximate surface area is 227 Å². The Bertz CT molecular complexity index is 1500. The number of hydrogen-bond donors (Lipinski definition) is 1. The normalized spacial score (nSPS) is 11.6. The zero-order valence-corrected chi connectivity index (χ0v) is 22.2. The van der Waals surface area contributed by atoms with Gasteiger partial charge in [-0.2, -0.15) is 9.36 Å². The van der Waals surface area contributed by atoms with Crippen LogP contribution in [0.1, 0.15) is 50.0 Å². The average molecular weight is 520 g/mol. The molecule has 0 aliphatic heterocycles. The zero-order chi connectivity index (χ0) is 26.3. The number of carbonyl (C=O) groups is 1. The predicted molar refractivity (Wildman–Crippen MR) is 152 cm³/mol. The van der Waals surface area contributed by atoms with Gasteiger partial charge in [0.2, 0.25) is 0 Å². The maximum atomic E-state index is 13.4. The molecule has 4 aromatic carbocycles. The Morgan fingerprint density at radius 2 is 1.58 bits per heavy atom. The summed E-state index contributed by atoms with van der Waals surface area (Å²) >= 11 is 1.22. The minimum absolute atomic E-state index is 0.156. The predicted octanol–water partition coefficient (Wildman–Crippen LogP) is 7.25. The zero-order valence-electron chi connectivity index (χ0n) is 21.4. The monoisotopic (exact) mass is 519 g/mol. The summed E-state index contributed by atoms with van der Waals surface area (Å²) in [4.78, 5) is 17.9. The standard InChI is InChI=1S/C32H29N3O2S/c1-22-13-16-25(17-14-22)20-30-34-32(38-35-30)37-29-21-27(18-15-23(29)2)31(36)33-28(26-11-7-4-8-12-26)19-24-9-5-3-6-10-24/h3-18,21,28H,19-20H2,1-2H3,(H,33,36). The Hall–Kier alpha value is -4.29. The number of nitrogens with one attached hydrogen (secondary N) is 1. The van der Waals surface area contributed by atoms with Crippen molar-refractivity contribution in [3.05, 3.63) is 142 Å². The summed E-state index contributed by atoms with van der Waals surface area (Å²) in [6, 6.07) is 33.9. The maximum Gasteiger partial charge on any atom is 0.298 e. The van der Waals surface area contributed by atoms with Gasteiger partial charge in [0.05, 0.1) is 6.04 Å². The Kier molecular flexibility index (Phi) is 7.90. The molecule has 1 unspecified atom stereocenters. The van der Waals surface area contributed by atoms with Crippen LogP contribution in [0.3, 0.4) is 0 Å². The summed E-state index contributed by atoms with van der Waals surface area (Å²) in [6.07, 6.45) is 1.34. The first-order valence-electron chi connectivity index (χ1n) is 12.6. The van der Waals surface area contributed by atoms with Crippen molar-refractivity contribution in [2.75, 3.05) is 0 Å². The fourth-order valence-electron chi connectivity index (χ4n) is 4.21. The molecule has 0 fully saturated rings. The molecule has 5 nitrogen and oxygen atoms in total. The highest BCUT2D eigenvalue weighted by Crippen LogP contribution is 2.28. The van der Waals surface area contributed by atoms with Gasteiger partial charge in [-0.05, 0) is 54.7 Å². The molecule has 0 saturated carbocycles. The van der Waals surface area contributed by atoms with Gasteiger partial charge in [0.15, 0.2) is 5.82 Å². The van der Waals surface area contributed by atoms with E-state index < -0.39 is 0 Å². The number of hydrogen-bond acceptors (Lipinski definition) is 5. The third kappa shape index (κ3) is 6.52. The fourth-order valence-corrected chi connectivity index (χ4v) is 4.78. The van der Waals surface area contributed by atoms with Crippen molar-refractivity contribution < 1.29 is 9.53 Å². The second-order valence-electron chi connectivity index (χ2n) is 9.35. The largest absolute Gasteiger partial charge is 0.430 e. The van der Waals surface area contributed by atoms with E-state index in [4.69, 9.17) is 4.74 Å². The molecule has 1 amide bonds. The van der Waals surface area contributed by atoms with E-state index in [1.165, 1.54) is 17.1 Å². The molecule has 6 heteroatoms. The lowest BCUT2D eigenvalue weighted by atomic mass is 9.98. The molecule has 0 saturated heterocycles. The maximum absolute atomic E-state index is 13.4. The molecule has 0 spiro atoms. The fraction of sp³-hybridized carbons (Fsp3) is 0.156. The molecule has 0 aliphatic carbocycles. The number of benzene rings is 4. The Morgan fingerprint density at radius 1 is 0.868 bits per heavy atom. The van der Waals surface area contributed by atoms with E-state index in [-0.39, 0.29) is 11.9 Å². The lowest BCUT2D eigenvalue weighted by molar-refractivity contribution is 0.0936. The molecular weight excluding hydrogens is 490 g/mol. The number of rotatable bonds is 9. The molecule has 1 heterocycles. The number of nitrogens with zero attached hydrogens (tertiary/aromatic N) is 2. The van der Waals surface area contributed by atoms with Crippen LogP contribution in [-0.4, -0.2) is 15.3 Å². The SMILES string of the molecule is Cc1ccc(Cc2nsc(Oc3cc(C(=O)NC(Cc4ccccc4)c4ccccc4)ccc3C)n2)cc1. The van der Waals surface area contributed by atoms with E-state index in [1.54, 1.807) is 6.07 Å². The van der Waals surface area contributed by atoms with Crippen LogP contribution in [0.2, 0.25) is 0 Å². The van der Waals surface area contributed by atoms with Gasteiger partial charge in [-0.1, -0.05) is 96.6 Å². The highest BCUT2D eigenvalue weighted by molar-refractivity contribution is 7.07. The van der Waals surface area contributed by atoms with Gasteiger partial charge in [0.25, 0.3) is 11.1 Å². The van der Waals surface area contributed by atoms with Crippen molar-refractivity contribution in [2.45, 2.75) is 32.7 Å². The van der Waals surface area contributed by atoms with Crippen LogP contribution in [0.4, 0.5) is 0 Å². The Balaban J connectivity index is 1.30. The van der Waals surface area contributed by atoms with Crippen molar-refractivity contribution in [1.82, 2.24) is 14.7 Å². The van der Waals surface area contributed by atoms with Gasteiger partial charge in [-0.15, -0.1) is 0 Å². The quantitative estimate of drug-likeness (QED) is 0.223. The van der Waals surface area contributed by atoms with Crippen molar-refractivity contribution in [3.8, 4) is 10.9 Å². The molecule has 5 aromatic rings. The first kappa shape index (κ1) is 25.4. The third-order valence-corrected chi connectivity index (χ3v) is 7.00. The molecule has 5 rings (SSSR count). The van der Waals surface area contributed by atoms with Crippen LogP contribution >= 0.6 is 11.5 Å². The molecule has 1 N–H and O–H groups in total. The molecule has 0 bridgehead atoms. The van der Waals surface area contributed by atoms with Crippen LogP contribution in [0.5, 0.6) is 10.9 Å². The highest BCUT2D eigenvalue weighted by atomic mass is 32.1. The summed E-state index contributed by atoms with van der Waals surface area (Å²) in [5.74, 6) is 1.15. The van der Waals surface area contributed by atoms with Crippen molar-refractivity contribution >= 4 is 17.4 Å². The molecule has 190 valence electrons. The van der Waals surface area contributed by atoms with E-state index in [0.717, 1.165) is 22.3 Å². The third-order valence-electron chi connectivity index (χ3n) is 6.37.